The Morgan fingerprint density at radius 3 is 1.44 bits per heavy atom. The third-order valence-electron chi connectivity index (χ3n) is 4.65. The van der Waals surface area contributed by atoms with E-state index in [2.05, 4.69) is 19.1 Å². The number of hydrogen-bond acceptors (Lipinski definition) is 1. The van der Waals surface area contributed by atoms with Gasteiger partial charge in [-0.3, -0.25) is 4.79 Å². The van der Waals surface area contributed by atoms with Crippen molar-refractivity contribution in [2.45, 2.75) is 122 Å². The van der Waals surface area contributed by atoms with Crippen LogP contribution in [0.1, 0.15) is 124 Å². The number of aliphatic carboxylic acids is 1. The van der Waals surface area contributed by atoms with Gasteiger partial charge in [-0.1, -0.05) is 96.1 Å². The summed E-state index contributed by atoms with van der Waals surface area (Å²) < 4.78 is 0. The first-order valence-corrected chi connectivity index (χ1v) is 10.6. The summed E-state index contributed by atoms with van der Waals surface area (Å²) in [7, 11) is 0. The molecule has 0 saturated heterocycles. The van der Waals surface area contributed by atoms with Gasteiger partial charge < -0.3 is 6.53 Å². The van der Waals surface area contributed by atoms with Crippen molar-refractivity contribution < 1.29 is 62.7 Å². The van der Waals surface area contributed by atoms with E-state index in [4.69, 9.17) is 5.11 Å². The number of rotatable bonds is 19. The van der Waals surface area contributed by atoms with Gasteiger partial charge in [0.25, 0.3) is 0 Å². The molecule has 0 aromatic carbocycles. The van der Waals surface area contributed by atoms with E-state index in [-0.39, 0.29) is 52.8 Å². The Morgan fingerprint density at radius 1 is 0.680 bits per heavy atom. The molecule has 25 heavy (non-hydrogen) atoms. The smallest absolute Gasteiger partial charge is 1.00 e. The Hall–Kier alpha value is 0.846. The van der Waals surface area contributed by atoms with Crippen molar-refractivity contribution in [1.82, 2.24) is 0 Å². The van der Waals surface area contributed by atoms with E-state index < -0.39 is 5.97 Å². The van der Waals surface area contributed by atoms with Gasteiger partial charge in [-0.05, 0) is 32.1 Å². The molecule has 0 aromatic heterocycles. The van der Waals surface area contributed by atoms with Crippen LogP contribution in [0.3, 0.4) is 0 Å². The third kappa shape index (κ3) is 27.2. The Balaban J connectivity index is -0.00000264. The molecule has 144 valence electrons. The molecular formula is C22H43KO2. The molecule has 0 unspecified atom stereocenters. The van der Waals surface area contributed by atoms with Crippen LogP contribution in [0, 0.1) is 0 Å². The second-order valence-corrected chi connectivity index (χ2v) is 7.14. The number of carboxylic acid groups (broad SMARTS) is 1. The first-order chi connectivity index (χ1) is 11.8. The molecule has 0 amide bonds. The standard InChI is InChI=1S/C22H42O2.K.H/c1-2-3-4-5-6-7-8-9-10-11-12-13-14-15-16-17-18-19-20-21-22(23)24;;/h9-10H,2-8,11-21H2,1H3,(H,23,24);;/q;+1;-1/b10-9-;;. The maximum Gasteiger partial charge on any atom is 1.00 e. The van der Waals surface area contributed by atoms with Gasteiger partial charge in [-0.15, -0.1) is 0 Å². The summed E-state index contributed by atoms with van der Waals surface area (Å²) in [6.07, 6.45) is 27.1. The van der Waals surface area contributed by atoms with Crippen LogP contribution >= 0.6 is 0 Å². The topological polar surface area (TPSA) is 37.3 Å². The van der Waals surface area contributed by atoms with Crippen LogP contribution in [-0.4, -0.2) is 11.1 Å². The summed E-state index contributed by atoms with van der Waals surface area (Å²) in [4.78, 5) is 10.4. The van der Waals surface area contributed by atoms with Gasteiger partial charge in [0.2, 0.25) is 0 Å². The summed E-state index contributed by atoms with van der Waals surface area (Å²) in [6, 6.07) is 0. The molecule has 0 radical (unpaired) electrons. The fraction of sp³-hybridized carbons (Fsp3) is 0.864. The summed E-state index contributed by atoms with van der Waals surface area (Å²) >= 11 is 0. The predicted molar refractivity (Wildman–Crippen MR) is 107 cm³/mol. The van der Waals surface area contributed by atoms with Crippen molar-refractivity contribution in [3.8, 4) is 0 Å². The number of hydrogen-bond donors (Lipinski definition) is 1. The molecule has 1 N–H and O–H groups in total. The number of carbonyl (C=O) groups is 1. The largest absolute Gasteiger partial charge is 1.00 e. The SMILES string of the molecule is CCCCCCCC/C=C\CCCCCCCCCCCC(=O)O.[H-].[K+]. The molecule has 0 spiro atoms. The summed E-state index contributed by atoms with van der Waals surface area (Å²) in [5.74, 6) is -0.656. The number of unbranched alkanes of at least 4 members (excludes halogenated alkanes) is 15. The van der Waals surface area contributed by atoms with Crippen molar-refractivity contribution in [1.29, 1.82) is 0 Å². The zero-order valence-electron chi connectivity index (χ0n) is 18.2. The Kier molecular flexibility index (Phi) is 27.9. The molecule has 0 atom stereocenters. The van der Waals surface area contributed by atoms with Gasteiger partial charge in [0.1, 0.15) is 0 Å². The molecule has 0 saturated carbocycles. The molecule has 0 bridgehead atoms. The Labute approximate surface area is 201 Å². The molecule has 0 aromatic rings. The number of carboxylic acids is 1. The maximum atomic E-state index is 10.4. The molecule has 0 heterocycles. The molecule has 0 aliphatic carbocycles. The van der Waals surface area contributed by atoms with Crippen molar-refractivity contribution in [3.05, 3.63) is 12.2 Å². The Morgan fingerprint density at radius 2 is 1.04 bits per heavy atom. The van der Waals surface area contributed by atoms with E-state index in [9.17, 15) is 4.79 Å². The minimum Gasteiger partial charge on any atom is -1.00 e. The van der Waals surface area contributed by atoms with Crippen LogP contribution in [0.4, 0.5) is 0 Å². The zero-order chi connectivity index (χ0) is 17.7. The first-order valence-electron chi connectivity index (χ1n) is 10.6. The predicted octanol–water partition coefficient (Wildman–Crippen LogP) is 4.79. The third-order valence-corrected chi connectivity index (χ3v) is 4.65. The van der Waals surface area contributed by atoms with Crippen LogP contribution in [0.5, 0.6) is 0 Å². The molecular weight excluding hydrogens is 335 g/mol. The molecule has 2 nitrogen and oxygen atoms in total. The minimum absolute atomic E-state index is 0. The van der Waals surface area contributed by atoms with Crippen LogP contribution in [0.25, 0.3) is 0 Å². The zero-order valence-corrected chi connectivity index (χ0v) is 20.4. The fourth-order valence-corrected chi connectivity index (χ4v) is 3.05. The van der Waals surface area contributed by atoms with E-state index in [0.717, 1.165) is 12.8 Å². The van der Waals surface area contributed by atoms with Gasteiger partial charge in [-0.2, -0.15) is 0 Å². The second kappa shape index (κ2) is 24.8. The Bertz CT molecular complexity index is 296. The van der Waals surface area contributed by atoms with Crippen LogP contribution < -0.4 is 51.4 Å². The van der Waals surface area contributed by atoms with Gasteiger partial charge in [0.15, 0.2) is 0 Å². The second-order valence-electron chi connectivity index (χ2n) is 7.14. The van der Waals surface area contributed by atoms with E-state index in [1.54, 1.807) is 0 Å². The first kappa shape index (κ1) is 28.1. The van der Waals surface area contributed by atoms with E-state index in [0.29, 0.717) is 6.42 Å². The van der Waals surface area contributed by atoms with Crippen LogP contribution in [-0.2, 0) is 4.79 Å². The van der Waals surface area contributed by atoms with Crippen molar-refractivity contribution in [3.63, 3.8) is 0 Å². The normalized spacial score (nSPS) is 10.9. The molecule has 0 aliphatic rings. The molecule has 3 heteroatoms. The minimum atomic E-state index is -0.656. The fourth-order valence-electron chi connectivity index (χ4n) is 3.05. The van der Waals surface area contributed by atoms with Gasteiger partial charge >= 0.3 is 57.4 Å². The maximum absolute atomic E-state index is 10.4. The molecule has 0 rings (SSSR count). The van der Waals surface area contributed by atoms with Crippen molar-refractivity contribution in [2.24, 2.45) is 0 Å². The van der Waals surface area contributed by atoms with E-state index in [1.165, 1.54) is 96.3 Å². The summed E-state index contributed by atoms with van der Waals surface area (Å²) in [5.41, 5.74) is 0. The van der Waals surface area contributed by atoms with E-state index >= 15 is 0 Å². The number of allylic oxidation sites excluding steroid dienone is 2. The quantitative estimate of drug-likeness (QED) is 0.199. The van der Waals surface area contributed by atoms with Crippen LogP contribution in [0.15, 0.2) is 12.2 Å². The summed E-state index contributed by atoms with van der Waals surface area (Å²) in [5, 5.41) is 8.55. The molecule has 0 fully saturated rings. The average molecular weight is 379 g/mol. The van der Waals surface area contributed by atoms with Crippen molar-refractivity contribution in [2.75, 3.05) is 0 Å². The molecule has 0 aliphatic heterocycles. The van der Waals surface area contributed by atoms with Gasteiger partial charge in [0, 0.05) is 6.42 Å². The van der Waals surface area contributed by atoms with Gasteiger partial charge in [0.05, 0.1) is 0 Å². The van der Waals surface area contributed by atoms with Crippen molar-refractivity contribution >= 4 is 5.97 Å². The van der Waals surface area contributed by atoms with E-state index in [1.807, 2.05) is 0 Å². The van der Waals surface area contributed by atoms with Gasteiger partial charge in [-0.25, -0.2) is 0 Å². The average Bonchev–Trinajstić information content (AvgIpc) is 2.56. The monoisotopic (exact) mass is 378 g/mol. The summed E-state index contributed by atoms with van der Waals surface area (Å²) in [6.45, 7) is 2.27. The van der Waals surface area contributed by atoms with Crippen LogP contribution in [0.2, 0.25) is 0 Å².